The number of rotatable bonds is 5. The van der Waals surface area contributed by atoms with Gasteiger partial charge in [-0.15, -0.1) is 0 Å². The van der Waals surface area contributed by atoms with E-state index in [4.69, 9.17) is 0 Å². The maximum atomic E-state index is 3.41. The minimum absolute atomic E-state index is 0.603. The van der Waals surface area contributed by atoms with E-state index in [0.717, 1.165) is 12.3 Å². The largest absolute Gasteiger partial charge is 0.317 e. The second-order valence-corrected chi connectivity index (χ2v) is 4.75. The third kappa shape index (κ3) is 4.05. The van der Waals surface area contributed by atoms with E-state index in [2.05, 4.69) is 57.4 Å². The van der Waals surface area contributed by atoms with Gasteiger partial charge in [0.25, 0.3) is 0 Å². The van der Waals surface area contributed by atoms with Gasteiger partial charge < -0.3 is 5.32 Å². The highest BCUT2D eigenvalue weighted by Crippen LogP contribution is 2.13. The molecule has 1 unspecified atom stereocenters. The van der Waals surface area contributed by atoms with Gasteiger partial charge in [0.2, 0.25) is 0 Å². The van der Waals surface area contributed by atoms with Crippen molar-refractivity contribution in [2.75, 3.05) is 7.05 Å². The third-order valence-electron chi connectivity index (χ3n) is 2.89. The highest BCUT2D eigenvalue weighted by Gasteiger charge is 2.10. The van der Waals surface area contributed by atoms with Crippen molar-refractivity contribution in [3.8, 4) is 0 Å². The molecule has 0 aliphatic heterocycles. The van der Waals surface area contributed by atoms with Crippen molar-refractivity contribution in [1.82, 2.24) is 5.32 Å². The van der Waals surface area contributed by atoms with Crippen LogP contribution in [0.4, 0.5) is 0 Å². The van der Waals surface area contributed by atoms with Crippen LogP contribution in [0.15, 0.2) is 24.3 Å². The maximum absolute atomic E-state index is 3.41. The molecule has 1 nitrogen and oxygen atoms in total. The summed E-state index contributed by atoms with van der Waals surface area (Å²) in [4.78, 5) is 0. The van der Waals surface area contributed by atoms with Crippen molar-refractivity contribution in [2.45, 2.75) is 39.7 Å². The minimum atomic E-state index is 0.603. The van der Waals surface area contributed by atoms with Gasteiger partial charge in [-0.3, -0.25) is 0 Å². The standard InChI is InChI=1S/C14H23N/c1-11(2)9-14(15-4)10-13-8-6-5-7-12(13)3/h5-8,11,14-15H,9-10H2,1-4H3. The van der Waals surface area contributed by atoms with Crippen LogP contribution in [-0.4, -0.2) is 13.1 Å². The quantitative estimate of drug-likeness (QED) is 0.778. The van der Waals surface area contributed by atoms with Crippen LogP contribution < -0.4 is 5.32 Å². The first kappa shape index (κ1) is 12.3. The van der Waals surface area contributed by atoms with E-state index in [9.17, 15) is 0 Å². The summed E-state index contributed by atoms with van der Waals surface area (Å²) >= 11 is 0. The van der Waals surface area contributed by atoms with Gasteiger partial charge in [-0.2, -0.15) is 0 Å². The fourth-order valence-corrected chi connectivity index (χ4v) is 1.98. The number of likely N-dealkylation sites (N-methyl/N-ethyl adjacent to an activating group) is 1. The van der Waals surface area contributed by atoms with Crippen LogP contribution in [0.5, 0.6) is 0 Å². The van der Waals surface area contributed by atoms with Gasteiger partial charge in [0.05, 0.1) is 0 Å². The van der Waals surface area contributed by atoms with Crippen LogP contribution in [0.3, 0.4) is 0 Å². The van der Waals surface area contributed by atoms with Crippen LogP contribution in [0.1, 0.15) is 31.4 Å². The van der Waals surface area contributed by atoms with E-state index in [-0.39, 0.29) is 0 Å². The number of benzene rings is 1. The second-order valence-electron chi connectivity index (χ2n) is 4.75. The summed E-state index contributed by atoms with van der Waals surface area (Å²) in [6.07, 6.45) is 2.38. The molecule has 84 valence electrons. The van der Waals surface area contributed by atoms with Crippen molar-refractivity contribution >= 4 is 0 Å². The average Bonchev–Trinajstić information content (AvgIpc) is 2.19. The van der Waals surface area contributed by atoms with Gasteiger partial charge in [-0.1, -0.05) is 38.1 Å². The summed E-state index contributed by atoms with van der Waals surface area (Å²) in [5, 5.41) is 3.41. The fourth-order valence-electron chi connectivity index (χ4n) is 1.98. The first-order valence-corrected chi connectivity index (χ1v) is 5.85. The molecular formula is C14H23N. The molecule has 1 rings (SSSR count). The molecule has 0 spiro atoms. The molecule has 1 aromatic rings. The van der Waals surface area contributed by atoms with Crippen molar-refractivity contribution in [2.24, 2.45) is 5.92 Å². The summed E-state index contributed by atoms with van der Waals surface area (Å²) in [5.74, 6) is 0.756. The molecule has 1 N–H and O–H groups in total. The molecule has 0 aliphatic carbocycles. The van der Waals surface area contributed by atoms with Gasteiger partial charge in [-0.05, 0) is 43.9 Å². The van der Waals surface area contributed by atoms with E-state index in [1.165, 1.54) is 17.5 Å². The second kappa shape index (κ2) is 5.92. The van der Waals surface area contributed by atoms with Crippen molar-refractivity contribution in [1.29, 1.82) is 0 Å². The first-order chi connectivity index (χ1) is 7.13. The van der Waals surface area contributed by atoms with Crippen molar-refractivity contribution < 1.29 is 0 Å². The predicted octanol–water partition coefficient (Wildman–Crippen LogP) is 3.17. The Balaban J connectivity index is 2.62. The van der Waals surface area contributed by atoms with E-state index >= 15 is 0 Å². The molecule has 0 amide bonds. The minimum Gasteiger partial charge on any atom is -0.317 e. The lowest BCUT2D eigenvalue weighted by atomic mass is 9.95. The topological polar surface area (TPSA) is 12.0 Å². The van der Waals surface area contributed by atoms with E-state index in [0.29, 0.717) is 6.04 Å². The lowest BCUT2D eigenvalue weighted by molar-refractivity contribution is 0.440. The van der Waals surface area contributed by atoms with Crippen LogP contribution >= 0.6 is 0 Å². The Labute approximate surface area is 93.9 Å². The third-order valence-corrected chi connectivity index (χ3v) is 2.89. The van der Waals surface area contributed by atoms with Crippen LogP contribution in [0, 0.1) is 12.8 Å². The zero-order valence-corrected chi connectivity index (χ0v) is 10.4. The average molecular weight is 205 g/mol. The summed E-state index contributed by atoms with van der Waals surface area (Å²) in [5.41, 5.74) is 2.87. The Morgan fingerprint density at radius 3 is 2.40 bits per heavy atom. The Hall–Kier alpha value is -0.820. The predicted molar refractivity (Wildman–Crippen MR) is 67.2 cm³/mol. The Morgan fingerprint density at radius 2 is 1.87 bits per heavy atom. The number of hydrogen-bond acceptors (Lipinski definition) is 1. The molecule has 0 bridgehead atoms. The summed E-state index contributed by atoms with van der Waals surface area (Å²) < 4.78 is 0. The normalized spacial score (nSPS) is 13.1. The number of nitrogens with one attached hydrogen (secondary N) is 1. The molecule has 0 aliphatic rings. The van der Waals surface area contributed by atoms with E-state index < -0.39 is 0 Å². The first-order valence-electron chi connectivity index (χ1n) is 5.85. The molecule has 0 saturated carbocycles. The molecule has 1 aromatic carbocycles. The molecule has 0 aromatic heterocycles. The Morgan fingerprint density at radius 1 is 1.20 bits per heavy atom. The molecule has 1 heteroatoms. The monoisotopic (exact) mass is 205 g/mol. The molecule has 15 heavy (non-hydrogen) atoms. The molecule has 0 saturated heterocycles. The zero-order valence-electron chi connectivity index (χ0n) is 10.4. The van der Waals surface area contributed by atoms with Crippen LogP contribution in [-0.2, 0) is 6.42 Å². The van der Waals surface area contributed by atoms with Gasteiger partial charge in [0.15, 0.2) is 0 Å². The molecular weight excluding hydrogens is 182 g/mol. The summed E-state index contributed by atoms with van der Waals surface area (Å²) in [6, 6.07) is 9.27. The highest BCUT2D eigenvalue weighted by atomic mass is 14.9. The summed E-state index contributed by atoms with van der Waals surface area (Å²) in [7, 11) is 2.06. The summed E-state index contributed by atoms with van der Waals surface area (Å²) in [6.45, 7) is 6.75. The maximum Gasteiger partial charge on any atom is 0.0107 e. The Kier molecular flexibility index (Phi) is 4.83. The van der Waals surface area contributed by atoms with Gasteiger partial charge >= 0.3 is 0 Å². The number of aryl methyl sites for hydroxylation is 1. The van der Waals surface area contributed by atoms with Crippen LogP contribution in [0.25, 0.3) is 0 Å². The van der Waals surface area contributed by atoms with Gasteiger partial charge in [0.1, 0.15) is 0 Å². The SMILES string of the molecule is CNC(Cc1ccccc1C)CC(C)C. The van der Waals surface area contributed by atoms with Crippen molar-refractivity contribution in [3.05, 3.63) is 35.4 Å². The zero-order chi connectivity index (χ0) is 11.3. The smallest absolute Gasteiger partial charge is 0.0107 e. The lowest BCUT2D eigenvalue weighted by Crippen LogP contribution is -2.29. The van der Waals surface area contributed by atoms with Crippen LogP contribution in [0.2, 0.25) is 0 Å². The Bertz CT molecular complexity index is 291. The van der Waals surface area contributed by atoms with Gasteiger partial charge in [0, 0.05) is 6.04 Å². The van der Waals surface area contributed by atoms with Gasteiger partial charge in [-0.25, -0.2) is 0 Å². The van der Waals surface area contributed by atoms with Crippen molar-refractivity contribution in [3.63, 3.8) is 0 Å². The molecule has 1 atom stereocenters. The molecule has 0 radical (unpaired) electrons. The lowest BCUT2D eigenvalue weighted by Gasteiger charge is -2.19. The fraction of sp³-hybridized carbons (Fsp3) is 0.571. The van der Waals surface area contributed by atoms with E-state index in [1.807, 2.05) is 0 Å². The number of hydrogen-bond donors (Lipinski definition) is 1. The highest BCUT2D eigenvalue weighted by molar-refractivity contribution is 5.26. The van der Waals surface area contributed by atoms with E-state index in [1.54, 1.807) is 0 Å². The molecule has 0 heterocycles. The molecule has 0 fully saturated rings.